The Morgan fingerprint density at radius 3 is 2.73 bits per heavy atom. The van der Waals surface area contributed by atoms with Crippen LogP contribution in [0.5, 0.6) is 5.75 Å². The first-order chi connectivity index (χ1) is 10.6. The Bertz CT molecular complexity index is 640. The highest BCUT2D eigenvalue weighted by molar-refractivity contribution is 5.72. The van der Waals surface area contributed by atoms with Gasteiger partial charge in [0.1, 0.15) is 18.4 Å². The fraction of sp³-hybridized carbons (Fsp3) is 0.278. The van der Waals surface area contributed by atoms with Gasteiger partial charge in [-0.25, -0.2) is 0 Å². The third-order valence-electron chi connectivity index (χ3n) is 3.42. The number of carboxylic acids is 1. The van der Waals surface area contributed by atoms with E-state index < -0.39 is 12.0 Å². The van der Waals surface area contributed by atoms with Crippen molar-refractivity contribution in [2.24, 2.45) is 0 Å². The maximum Gasteiger partial charge on any atom is 0.320 e. The van der Waals surface area contributed by atoms with Crippen LogP contribution in [0.15, 0.2) is 48.5 Å². The van der Waals surface area contributed by atoms with E-state index in [9.17, 15) is 4.79 Å². The van der Waals surface area contributed by atoms with Gasteiger partial charge in [0.05, 0.1) is 0 Å². The molecule has 22 heavy (non-hydrogen) atoms. The van der Waals surface area contributed by atoms with Crippen LogP contribution in [-0.4, -0.2) is 17.1 Å². The van der Waals surface area contributed by atoms with Gasteiger partial charge in [0.15, 0.2) is 0 Å². The third kappa shape index (κ3) is 4.60. The number of carbonyl (C=O) groups is 1. The van der Waals surface area contributed by atoms with Gasteiger partial charge < -0.3 is 15.2 Å². The molecule has 2 aromatic rings. The largest absolute Gasteiger partial charge is 0.489 e. The van der Waals surface area contributed by atoms with Gasteiger partial charge in [-0.1, -0.05) is 48.0 Å². The van der Waals surface area contributed by atoms with Crippen molar-refractivity contribution in [3.8, 4) is 5.75 Å². The van der Waals surface area contributed by atoms with E-state index >= 15 is 0 Å². The van der Waals surface area contributed by atoms with E-state index in [1.54, 1.807) is 6.92 Å². The van der Waals surface area contributed by atoms with Gasteiger partial charge in [-0.2, -0.15) is 0 Å². The van der Waals surface area contributed by atoms with Crippen molar-refractivity contribution in [3.05, 3.63) is 65.2 Å². The molecule has 0 saturated heterocycles. The minimum absolute atomic E-state index is 0.456. The smallest absolute Gasteiger partial charge is 0.320 e. The highest BCUT2D eigenvalue weighted by Crippen LogP contribution is 2.19. The second-order valence-corrected chi connectivity index (χ2v) is 5.33. The number of ether oxygens (including phenoxy) is 1. The Morgan fingerprint density at radius 2 is 2.00 bits per heavy atom. The molecule has 0 fully saturated rings. The first-order valence-corrected chi connectivity index (χ1v) is 7.28. The molecule has 0 spiro atoms. The molecule has 0 amide bonds. The first kappa shape index (κ1) is 16.0. The summed E-state index contributed by atoms with van der Waals surface area (Å²) in [6.45, 7) is 4.62. The summed E-state index contributed by atoms with van der Waals surface area (Å²) in [4.78, 5) is 10.9. The van der Waals surface area contributed by atoms with Gasteiger partial charge in [-0.15, -0.1) is 0 Å². The van der Waals surface area contributed by atoms with Crippen molar-refractivity contribution in [2.75, 3.05) is 0 Å². The number of aryl methyl sites for hydroxylation is 1. The molecule has 0 aliphatic carbocycles. The quantitative estimate of drug-likeness (QED) is 0.824. The maximum absolute atomic E-state index is 10.9. The zero-order valence-corrected chi connectivity index (χ0v) is 12.9. The lowest BCUT2D eigenvalue weighted by Gasteiger charge is -2.14. The highest BCUT2D eigenvalue weighted by Gasteiger charge is 2.11. The van der Waals surface area contributed by atoms with Crippen molar-refractivity contribution < 1.29 is 14.6 Å². The van der Waals surface area contributed by atoms with E-state index in [2.05, 4.69) is 24.4 Å². The number of hydrogen-bond donors (Lipinski definition) is 2. The molecule has 0 unspecified atom stereocenters. The number of aliphatic carboxylic acids is 1. The van der Waals surface area contributed by atoms with Crippen LogP contribution in [0.3, 0.4) is 0 Å². The molecule has 0 saturated carbocycles. The lowest BCUT2D eigenvalue weighted by molar-refractivity contribution is -0.139. The summed E-state index contributed by atoms with van der Waals surface area (Å²) in [5.41, 5.74) is 3.26. The zero-order valence-electron chi connectivity index (χ0n) is 12.9. The molecule has 4 heteroatoms. The van der Waals surface area contributed by atoms with Crippen molar-refractivity contribution >= 4 is 5.97 Å². The number of rotatable bonds is 7. The van der Waals surface area contributed by atoms with Crippen LogP contribution in [0, 0.1) is 6.92 Å². The fourth-order valence-electron chi connectivity index (χ4n) is 2.10. The van der Waals surface area contributed by atoms with E-state index in [0.29, 0.717) is 13.2 Å². The standard InChI is InChI=1S/C18H21NO3/c1-13-6-5-7-15(10-13)12-22-17-9-4-3-8-16(17)11-19-14(2)18(20)21/h3-10,14,19H,11-12H2,1-2H3,(H,20,21)/t14-/m1/s1. The van der Waals surface area contributed by atoms with E-state index in [1.807, 2.05) is 36.4 Å². The Hall–Kier alpha value is -2.33. The molecular formula is C18H21NO3. The monoisotopic (exact) mass is 299 g/mol. The number of para-hydroxylation sites is 1. The van der Waals surface area contributed by atoms with Gasteiger partial charge in [-0.3, -0.25) is 4.79 Å². The summed E-state index contributed by atoms with van der Waals surface area (Å²) >= 11 is 0. The van der Waals surface area contributed by atoms with Crippen LogP contribution in [0.25, 0.3) is 0 Å². The second-order valence-electron chi connectivity index (χ2n) is 5.33. The third-order valence-corrected chi connectivity index (χ3v) is 3.42. The molecular weight excluding hydrogens is 278 g/mol. The molecule has 1 atom stereocenters. The Kier molecular flexibility index (Phi) is 5.55. The minimum Gasteiger partial charge on any atom is -0.489 e. The second kappa shape index (κ2) is 7.61. The van der Waals surface area contributed by atoms with E-state index in [4.69, 9.17) is 9.84 Å². The van der Waals surface area contributed by atoms with Gasteiger partial charge >= 0.3 is 5.97 Å². The number of nitrogens with one attached hydrogen (secondary N) is 1. The highest BCUT2D eigenvalue weighted by atomic mass is 16.5. The first-order valence-electron chi connectivity index (χ1n) is 7.28. The van der Waals surface area contributed by atoms with Gasteiger partial charge in [0.25, 0.3) is 0 Å². The van der Waals surface area contributed by atoms with Gasteiger partial charge in [0, 0.05) is 12.1 Å². The predicted molar refractivity (Wildman–Crippen MR) is 85.9 cm³/mol. The van der Waals surface area contributed by atoms with Crippen LogP contribution in [0.1, 0.15) is 23.6 Å². The van der Waals surface area contributed by atoms with Crippen molar-refractivity contribution in [2.45, 2.75) is 33.0 Å². The molecule has 4 nitrogen and oxygen atoms in total. The van der Waals surface area contributed by atoms with E-state index in [1.165, 1.54) is 5.56 Å². The Balaban J connectivity index is 2.00. The van der Waals surface area contributed by atoms with Crippen molar-refractivity contribution in [1.29, 1.82) is 0 Å². The zero-order chi connectivity index (χ0) is 15.9. The van der Waals surface area contributed by atoms with Gasteiger partial charge in [0.2, 0.25) is 0 Å². The minimum atomic E-state index is -0.863. The Morgan fingerprint density at radius 1 is 1.23 bits per heavy atom. The topological polar surface area (TPSA) is 58.6 Å². The molecule has 2 rings (SSSR count). The van der Waals surface area contributed by atoms with Crippen LogP contribution in [0.2, 0.25) is 0 Å². The molecule has 116 valence electrons. The summed E-state index contributed by atoms with van der Waals surface area (Å²) in [7, 11) is 0. The number of carboxylic acid groups (broad SMARTS) is 1. The molecule has 0 heterocycles. The van der Waals surface area contributed by atoms with E-state index in [0.717, 1.165) is 16.9 Å². The fourth-order valence-corrected chi connectivity index (χ4v) is 2.10. The summed E-state index contributed by atoms with van der Waals surface area (Å²) < 4.78 is 5.88. The lowest BCUT2D eigenvalue weighted by Crippen LogP contribution is -2.33. The maximum atomic E-state index is 10.9. The average molecular weight is 299 g/mol. The molecule has 2 aromatic carbocycles. The molecule has 0 aliphatic heterocycles. The van der Waals surface area contributed by atoms with Crippen LogP contribution in [-0.2, 0) is 17.9 Å². The summed E-state index contributed by atoms with van der Waals surface area (Å²) in [5, 5.41) is 11.9. The molecule has 0 aromatic heterocycles. The number of hydrogen-bond acceptors (Lipinski definition) is 3. The average Bonchev–Trinajstić information content (AvgIpc) is 2.51. The summed E-state index contributed by atoms with van der Waals surface area (Å²) in [6.07, 6.45) is 0. The molecule has 2 N–H and O–H groups in total. The summed E-state index contributed by atoms with van der Waals surface area (Å²) in [5.74, 6) is -0.0905. The van der Waals surface area contributed by atoms with E-state index in [-0.39, 0.29) is 0 Å². The van der Waals surface area contributed by atoms with Crippen LogP contribution >= 0.6 is 0 Å². The normalized spacial score (nSPS) is 11.9. The number of benzene rings is 2. The van der Waals surface area contributed by atoms with Crippen LogP contribution in [0.4, 0.5) is 0 Å². The SMILES string of the molecule is Cc1cccc(COc2ccccc2CN[C@H](C)C(=O)O)c1. The van der Waals surface area contributed by atoms with Crippen molar-refractivity contribution in [3.63, 3.8) is 0 Å². The Labute approximate surface area is 130 Å². The molecule has 0 aliphatic rings. The molecule has 0 bridgehead atoms. The lowest BCUT2D eigenvalue weighted by atomic mass is 10.1. The summed E-state index contributed by atoms with van der Waals surface area (Å²) in [6, 6.07) is 15.3. The molecule has 0 radical (unpaired) electrons. The predicted octanol–water partition coefficient (Wildman–Crippen LogP) is 3.14. The van der Waals surface area contributed by atoms with Gasteiger partial charge in [-0.05, 0) is 25.5 Å². The van der Waals surface area contributed by atoms with Crippen LogP contribution < -0.4 is 10.1 Å². The van der Waals surface area contributed by atoms with Crippen molar-refractivity contribution in [1.82, 2.24) is 5.32 Å².